The molecule has 2 unspecified atom stereocenters. The van der Waals surface area contributed by atoms with Crippen LogP contribution in [0, 0.1) is 11.3 Å². The van der Waals surface area contributed by atoms with Gasteiger partial charge in [-0.1, -0.05) is 34.6 Å². The molecule has 0 aromatic carbocycles. The summed E-state index contributed by atoms with van der Waals surface area (Å²) < 4.78 is 1.06. The number of pyridine rings is 1. The van der Waals surface area contributed by atoms with Crippen LogP contribution < -0.4 is 5.32 Å². The quantitative estimate of drug-likeness (QED) is 0.836. The van der Waals surface area contributed by atoms with Crippen LogP contribution in [0.15, 0.2) is 22.9 Å². The standard InChI is InChI=1S/C16H27BrN2/c1-6-19-15(7-12(2)16(3,4)5)9-13-8-14(17)11-18-10-13/h8,10-12,15,19H,6-7,9H2,1-5H3. The van der Waals surface area contributed by atoms with Gasteiger partial charge >= 0.3 is 0 Å². The second-order valence-corrected chi connectivity index (χ2v) is 7.39. The Morgan fingerprint density at radius 3 is 2.53 bits per heavy atom. The minimum atomic E-state index is 0.364. The number of halogens is 1. The monoisotopic (exact) mass is 326 g/mol. The van der Waals surface area contributed by atoms with E-state index in [1.807, 2.05) is 12.4 Å². The van der Waals surface area contributed by atoms with Crippen molar-refractivity contribution in [1.29, 1.82) is 0 Å². The van der Waals surface area contributed by atoms with Crippen LogP contribution in [0.5, 0.6) is 0 Å². The van der Waals surface area contributed by atoms with E-state index < -0.39 is 0 Å². The van der Waals surface area contributed by atoms with E-state index in [1.165, 1.54) is 12.0 Å². The molecular formula is C16H27BrN2. The third-order valence-corrected chi connectivity index (χ3v) is 4.29. The van der Waals surface area contributed by atoms with Gasteiger partial charge in [0.05, 0.1) is 0 Å². The summed E-state index contributed by atoms with van der Waals surface area (Å²) in [6.45, 7) is 12.5. The molecule has 0 aliphatic heterocycles. The number of aromatic nitrogens is 1. The average molecular weight is 327 g/mol. The zero-order chi connectivity index (χ0) is 14.5. The van der Waals surface area contributed by atoms with E-state index >= 15 is 0 Å². The van der Waals surface area contributed by atoms with Crippen molar-refractivity contribution < 1.29 is 0 Å². The first-order valence-corrected chi connectivity index (χ1v) is 7.95. The highest BCUT2D eigenvalue weighted by atomic mass is 79.9. The molecule has 1 aromatic heterocycles. The van der Waals surface area contributed by atoms with Gasteiger partial charge in [0.25, 0.3) is 0 Å². The summed E-state index contributed by atoms with van der Waals surface area (Å²) in [5, 5.41) is 3.61. The molecule has 19 heavy (non-hydrogen) atoms. The zero-order valence-electron chi connectivity index (χ0n) is 12.8. The van der Waals surface area contributed by atoms with Crippen molar-refractivity contribution in [1.82, 2.24) is 10.3 Å². The van der Waals surface area contributed by atoms with Crippen LogP contribution in [-0.4, -0.2) is 17.6 Å². The van der Waals surface area contributed by atoms with Gasteiger partial charge in [0, 0.05) is 22.9 Å². The molecule has 0 bridgehead atoms. The fourth-order valence-corrected chi connectivity index (χ4v) is 2.57. The van der Waals surface area contributed by atoms with Gasteiger partial charge in [0.15, 0.2) is 0 Å². The Morgan fingerprint density at radius 2 is 2.00 bits per heavy atom. The molecular weight excluding hydrogens is 300 g/mol. The summed E-state index contributed by atoms with van der Waals surface area (Å²) in [5.41, 5.74) is 1.66. The van der Waals surface area contributed by atoms with Crippen molar-refractivity contribution in [2.75, 3.05) is 6.54 Å². The maximum atomic E-state index is 4.25. The van der Waals surface area contributed by atoms with Crippen LogP contribution in [0.1, 0.15) is 46.6 Å². The molecule has 0 aliphatic rings. The van der Waals surface area contributed by atoms with E-state index in [1.54, 1.807) is 0 Å². The fraction of sp³-hybridized carbons (Fsp3) is 0.688. The number of nitrogens with one attached hydrogen (secondary N) is 1. The van der Waals surface area contributed by atoms with Crippen LogP contribution in [0.3, 0.4) is 0 Å². The van der Waals surface area contributed by atoms with Crippen molar-refractivity contribution in [3.05, 3.63) is 28.5 Å². The molecule has 0 saturated carbocycles. The van der Waals surface area contributed by atoms with Crippen LogP contribution in [0.2, 0.25) is 0 Å². The van der Waals surface area contributed by atoms with Crippen LogP contribution in [0.25, 0.3) is 0 Å². The highest BCUT2D eigenvalue weighted by molar-refractivity contribution is 9.10. The molecule has 0 saturated heterocycles. The van der Waals surface area contributed by atoms with E-state index in [4.69, 9.17) is 0 Å². The normalized spacial score (nSPS) is 15.3. The van der Waals surface area contributed by atoms with E-state index in [2.05, 4.69) is 66.9 Å². The van der Waals surface area contributed by atoms with Gasteiger partial charge in [-0.05, 0) is 58.3 Å². The molecule has 1 heterocycles. The van der Waals surface area contributed by atoms with Gasteiger partial charge in [-0.25, -0.2) is 0 Å². The Hall–Kier alpha value is -0.410. The molecule has 1 N–H and O–H groups in total. The topological polar surface area (TPSA) is 24.9 Å². The maximum absolute atomic E-state index is 4.25. The molecule has 0 aliphatic carbocycles. The van der Waals surface area contributed by atoms with Crippen molar-refractivity contribution in [3.8, 4) is 0 Å². The lowest BCUT2D eigenvalue weighted by Crippen LogP contribution is -2.35. The predicted molar refractivity (Wildman–Crippen MR) is 86.3 cm³/mol. The van der Waals surface area contributed by atoms with E-state index in [-0.39, 0.29) is 0 Å². The lowest BCUT2D eigenvalue weighted by Gasteiger charge is -2.31. The van der Waals surface area contributed by atoms with Crippen LogP contribution >= 0.6 is 15.9 Å². The molecule has 1 aromatic rings. The van der Waals surface area contributed by atoms with Gasteiger partial charge in [0.1, 0.15) is 0 Å². The summed E-state index contributed by atoms with van der Waals surface area (Å²) in [4.78, 5) is 4.25. The molecule has 2 nitrogen and oxygen atoms in total. The number of nitrogens with zero attached hydrogens (tertiary/aromatic N) is 1. The van der Waals surface area contributed by atoms with Crippen LogP contribution in [-0.2, 0) is 6.42 Å². The number of rotatable bonds is 6. The van der Waals surface area contributed by atoms with Gasteiger partial charge in [0.2, 0.25) is 0 Å². The summed E-state index contributed by atoms with van der Waals surface area (Å²) in [7, 11) is 0. The summed E-state index contributed by atoms with van der Waals surface area (Å²) >= 11 is 3.49. The number of likely N-dealkylation sites (N-methyl/N-ethyl adjacent to an activating group) is 1. The Morgan fingerprint density at radius 1 is 1.32 bits per heavy atom. The highest BCUT2D eigenvalue weighted by Gasteiger charge is 2.23. The van der Waals surface area contributed by atoms with Gasteiger partial charge in [-0.2, -0.15) is 0 Å². The van der Waals surface area contributed by atoms with E-state index in [9.17, 15) is 0 Å². The third kappa shape index (κ3) is 6.05. The Bertz CT molecular complexity index is 385. The van der Waals surface area contributed by atoms with Crippen molar-refractivity contribution in [2.24, 2.45) is 11.3 Å². The first kappa shape index (κ1) is 16.6. The van der Waals surface area contributed by atoms with Crippen LogP contribution in [0.4, 0.5) is 0 Å². The second kappa shape index (κ2) is 7.39. The molecule has 108 valence electrons. The molecule has 0 radical (unpaired) electrons. The third-order valence-electron chi connectivity index (χ3n) is 3.85. The minimum Gasteiger partial charge on any atom is -0.314 e. The van der Waals surface area contributed by atoms with Gasteiger partial charge < -0.3 is 5.32 Å². The molecule has 0 spiro atoms. The molecule has 0 fully saturated rings. The first-order valence-electron chi connectivity index (χ1n) is 7.15. The Kier molecular flexibility index (Phi) is 6.48. The summed E-state index contributed by atoms with van der Waals surface area (Å²) in [6.07, 6.45) is 6.05. The number of hydrogen-bond donors (Lipinski definition) is 1. The average Bonchev–Trinajstić information content (AvgIpc) is 2.27. The van der Waals surface area contributed by atoms with Crippen molar-refractivity contribution in [2.45, 2.75) is 53.5 Å². The smallest absolute Gasteiger partial charge is 0.0410 e. The summed E-state index contributed by atoms with van der Waals surface area (Å²) in [6, 6.07) is 2.69. The van der Waals surface area contributed by atoms with E-state index in [0.717, 1.165) is 17.4 Å². The van der Waals surface area contributed by atoms with E-state index in [0.29, 0.717) is 17.4 Å². The van der Waals surface area contributed by atoms with Gasteiger partial charge in [-0.15, -0.1) is 0 Å². The minimum absolute atomic E-state index is 0.364. The largest absolute Gasteiger partial charge is 0.314 e. The molecule has 2 atom stereocenters. The zero-order valence-corrected chi connectivity index (χ0v) is 14.4. The molecule has 3 heteroatoms. The Labute approximate surface area is 126 Å². The fourth-order valence-electron chi connectivity index (χ4n) is 2.16. The molecule has 0 amide bonds. The highest BCUT2D eigenvalue weighted by Crippen LogP contribution is 2.29. The SMILES string of the molecule is CCNC(Cc1cncc(Br)c1)CC(C)C(C)(C)C. The first-order chi connectivity index (χ1) is 8.82. The van der Waals surface area contributed by atoms with Crippen molar-refractivity contribution in [3.63, 3.8) is 0 Å². The molecule has 1 rings (SSSR count). The van der Waals surface area contributed by atoms with Crippen molar-refractivity contribution >= 4 is 15.9 Å². The second-order valence-electron chi connectivity index (χ2n) is 6.47. The lowest BCUT2D eigenvalue weighted by atomic mass is 9.78. The van der Waals surface area contributed by atoms with Gasteiger partial charge in [-0.3, -0.25) is 4.98 Å². The Balaban J connectivity index is 2.67. The summed E-state index contributed by atoms with van der Waals surface area (Å²) in [5.74, 6) is 0.691. The lowest BCUT2D eigenvalue weighted by molar-refractivity contribution is 0.222. The maximum Gasteiger partial charge on any atom is 0.0410 e. The predicted octanol–water partition coefficient (Wildman–Crippen LogP) is 4.44. The number of hydrogen-bond acceptors (Lipinski definition) is 2.